The van der Waals surface area contributed by atoms with Crippen LogP contribution in [0.25, 0.3) is 0 Å². The number of carbonyl (C=O) groups is 2. The third kappa shape index (κ3) is 3.10. The van der Waals surface area contributed by atoms with E-state index in [0.29, 0.717) is 23.4 Å². The van der Waals surface area contributed by atoms with Crippen LogP contribution < -0.4 is 5.32 Å². The highest BCUT2D eigenvalue weighted by Crippen LogP contribution is 2.19. The molecule has 2 N–H and O–H groups in total. The molecule has 2 aromatic rings. The summed E-state index contributed by atoms with van der Waals surface area (Å²) < 4.78 is 1.59. The van der Waals surface area contributed by atoms with Crippen LogP contribution in [0.3, 0.4) is 0 Å². The summed E-state index contributed by atoms with van der Waals surface area (Å²) in [4.78, 5) is 23.3. The molecule has 0 atom stereocenters. The number of nitrogens with zero attached hydrogens (tertiary/aromatic N) is 2. The normalized spacial score (nSPS) is 10.4. The Labute approximate surface area is 122 Å². The first-order valence-corrected chi connectivity index (χ1v) is 6.60. The summed E-state index contributed by atoms with van der Waals surface area (Å²) in [5.74, 6) is -1.31. The standard InChI is InChI=1S/C15H17N3O3/c1-4-12-11(8-18(3)17-12)14(19)16-13-7-10(15(20)21)6-5-9(13)2/h5-8H,4H2,1-3H3,(H,16,19)(H,20,21). The van der Waals surface area contributed by atoms with E-state index in [2.05, 4.69) is 10.4 Å². The van der Waals surface area contributed by atoms with E-state index in [9.17, 15) is 9.59 Å². The van der Waals surface area contributed by atoms with Gasteiger partial charge in [0.25, 0.3) is 5.91 Å². The molecule has 0 unspecified atom stereocenters. The minimum absolute atomic E-state index is 0.137. The molecule has 1 aromatic heterocycles. The first kappa shape index (κ1) is 14.8. The highest BCUT2D eigenvalue weighted by atomic mass is 16.4. The number of aromatic nitrogens is 2. The SMILES string of the molecule is CCc1nn(C)cc1C(=O)Nc1cc(C(=O)O)ccc1C. The minimum Gasteiger partial charge on any atom is -0.478 e. The second kappa shape index (κ2) is 5.78. The Morgan fingerprint density at radius 2 is 2.10 bits per heavy atom. The van der Waals surface area contributed by atoms with E-state index in [0.717, 1.165) is 5.56 Å². The topological polar surface area (TPSA) is 84.2 Å². The van der Waals surface area contributed by atoms with Gasteiger partial charge in [0, 0.05) is 18.9 Å². The lowest BCUT2D eigenvalue weighted by molar-refractivity contribution is 0.0696. The number of aryl methyl sites for hydroxylation is 3. The Morgan fingerprint density at radius 3 is 2.71 bits per heavy atom. The maximum Gasteiger partial charge on any atom is 0.335 e. The van der Waals surface area contributed by atoms with E-state index in [1.54, 1.807) is 24.0 Å². The fraction of sp³-hybridized carbons (Fsp3) is 0.267. The van der Waals surface area contributed by atoms with Gasteiger partial charge in [0.05, 0.1) is 16.8 Å². The number of benzene rings is 1. The molecular formula is C15H17N3O3. The molecule has 0 aliphatic heterocycles. The first-order valence-electron chi connectivity index (χ1n) is 6.60. The van der Waals surface area contributed by atoms with Crippen molar-refractivity contribution in [2.45, 2.75) is 20.3 Å². The number of hydrogen-bond donors (Lipinski definition) is 2. The third-order valence-electron chi connectivity index (χ3n) is 3.22. The van der Waals surface area contributed by atoms with Crippen LogP contribution in [-0.2, 0) is 13.5 Å². The van der Waals surface area contributed by atoms with Crippen molar-refractivity contribution in [1.29, 1.82) is 0 Å². The zero-order valence-electron chi connectivity index (χ0n) is 12.2. The molecule has 1 aromatic carbocycles. The Bertz CT molecular complexity index is 704. The van der Waals surface area contributed by atoms with Crippen LogP contribution in [0.5, 0.6) is 0 Å². The van der Waals surface area contributed by atoms with Gasteiger partial charge in [0.1, 0.15) is 0 Å². The number of carboxylic acid groups (broad SMARTS) is 1. The summed E-state index contributed by atoms with van der Waals surface area (Å²) in [6.07, 6.45) is 2.31. The van der Waals surface area contributed by atoms with Crippen molar-refractivity contribution in [2.75, 3.05) is 5.32 Å². The van der Waals surface area contributed by atoms with Gasteiger partial charge in [-0.3, -0.25) is 9.48 Å². The predicted molar refractivity (Wildman–Crippen MR) is 78.7 cm³/mol. The number of carboxylic acids is 1. The molecule has 0 radical (unpaired) electrons. The Morgan fingerprint density at radius 1 is 1.38 bits per heavy atom. The first-order chi connectivity index (χ1) is 9.92. The average Bonchev–Trinajstić information content (AvgIpc) is 2.82. The van der Waals surface area contributed by atoms with E-state index >= 15 is 0 Å². The van der Waals surface area contributed by atoms with Gasteiger partial charge in [0.2, 0.25) is 0 Å². The van der Waals surface area contributed by atoms with E-state index in [1.165, 1.54) is 12.1 Å². The molecular weight excluding hydrogens is 270 g/mol. The van der Waals surface area contributed by atoms with E-state index in [4.69, 9.17) is 5.11 Å². The summed E-state index contributed by atoms with van der Waals surface area (Å²) in [5.41, 5.74) is 2.64. The van der Waals surface area contributed by atoms with Gasteiger partial charge in [-0.25, -0.2) is 4.79 Å². The number of aromatic carboxylic acids is 1. The van der Waals surface area contributed by atoms with Gasteiger partial charge < -0.3 is 10.4 Å². The number of rotatable bonds is 4. The Kier molecular flexibility index (Phi) is 4.07. The summed E-state index contributed by atoms with van der Waals surface area (Å²) in [7, 11) is 1.76. The van der Waals surface area contributed by atoms with Crippen molar-refractivity contribution < 1.29 is 14.7 Å². The molecule has 2 rings (SSSR count). The van der Waals surface area contributed by atoms with Crippen LogP contribution in [0, 0.1) is 6.92 Å². The highest BCUT2D eigenvalue weighted by molar-refractivity contribution is 6.05. The second-order valence-electron chi connectivity index (χ2n) is 4.81. The molecule has 1 amide bonds. The lowest BCUT2D eigenvalue weighted by Gasteiger charge is -2.09. The van der Waals surface area contributed by atoms with Gasteiger partial charge >= 0.3 is 5.97 Å². The summed E-state index contributed by atoms with van der Waals surface area (Å²) in [6, 6.07) is 4.63. The molecule has 0 spiro atoms. The van der Waals surface area contributed by atoms with Crippen LogP contribution in [0.15, 0.2) is 24.4 Å². The summed E-state index contributed by atoms with van der Waals surface area (Å²) in [6.45, 7) is 3.74. The fourth-order valence-electron chi connectivity index (χ4n) is 2.06. The molecule has 6 heteroatoms. The van der Waals surface area contributed by atoms with Crippen molar-refractivity contribution in [3.8, 4) is 0 Å². The lowest BCUT2D eigenvalue weighted by atomic mass is 10.1. The smallest absolute Gasteiger partial charge is 0.335 e. The number of nitrogens with one attached hydrogen (secondary N) is 1. The van der Waals surface area contributed by atoms with Gasteiger partial charge in [0.15, 0.2) is 0 Å². The van der Waals surface area contributed by atoms with Gasteiger partial charge in [-0.15, -0.1) is 0 Å². The number of hydrogen-bond acceptors (Lipinski definition) is 3. The molecule has 110 valence electrons. The number of amides is 1. The van der Waals surface area contributed by atoms with Crippen molar-refractivity contribution in [1.82, 2.24) is 9.78 Å². The molecule has 1 heterocycles. The highest BCUT2D eigenvalue weighted by Gasteiger charge is 2.16. The van der Waals surface area contributed by atoms with Crippen LogP contribution in [0.4, 0.5) is 5.69 Å². The lowest BCUT2D eigenvalue weighted by Crippen LogP contribution is -2.14. The Hall–Kier alpha value is -2.63. The van der Waals surface area contributed by atoms with Gasteiger partial charge in [-0.2, -0.15) is 5.10 Å². The van der Waals surface area contributed by atoms with E-state index in [-0.39, 0.29) is 11.5 Å². The zero-order valence-corrected chi connectivity index (χ0v) is 12.2. The van der Waals surface area contributed by atoms with Crippen molar-refractivity contribution in [3.63, 3.8) is 0 Å². The van der Waals surface area contributed by atoms with E-state index in [1.807, 2.05) is 13.8 Å². The fourth-order valence-corrected chi connectivity index (χ4v) is 2.06. The van der Waals surface area contributed by atoms with Crippen molar-refractivity contribution in [3.05, 3.63) is 46.8 Å². The quantitative estimate of drug-likeness (QED) is 0.903. The van der Waals surface area contributed by atoms with E-state index < -0.39 is 5.97 Å². The van der Waals surface area contributed by atoms with Gasteiger partial charge in [-0.1, -0.05) is 13.0 Å². The van der Waals surface area contributed by atoms with Crippen LogP contribution in [-0.4, -0.2) is 26.8 Å². The molecule has 0 fully saturated rings. The molecule has 0 bridgehead atoms. The molecule has 0 aliphatic rings. The number of carbonyl (C=O) groups excluding carboxylic acids is 1. The monoisotopic (exact) mass is 287 g/mol. The average molecular weight is 287 g/mol. The maximum atomic E-state index is 12.3. The summed E-state index contributed by atoms with van der Waals surface area (Å²) in [5, 5.41) is 16.0. The van der Waals surface area contributed by atoms with Crippen LogP contribution >= 0.6 is 0 Å². The van der Waals surface area contributed by atoms with Crippen LogP contribution in [0.1, 0.15) is 38.9 Å². The molecule has 0 saturated heterocycles. The second-order valence-corrected chi connectivity index (χ2v) is 4.81. The van der Waals surface area contributed by atoms with Gasteiger partial charge in [-0.05, 0) is 31.0 Å². The minimum atomic E-state index is -1.03. The largest absolute Gasteiger partial charge is 0.478 e. The molecule has 0 saturated carbocycles. The van der Waals surface area contributed by atoms with Crippen LogP contribution in [0.2, 0.25) is 0 Å². The molecule has 21 heavy (non-hydrogen) atoms. The third-order valence-corrected chi connectivity index (χ3v) is 3.22. The van der Waals surface area contributed by atoms with Crippen molar-refractivity contribution in [2.24, 2.45) is 7.05 Å². The maximum absolute atomic E-state index is 12.3. The summed E-state index contributed by atoms with van der Waals surface area (Å²) >= 11 is 0. The molecule has 0 aliphatic carbocycles. The number of anilines is 1. The molecule has 6 nitrogen and oxygen atoms in total. The Balaban J connectivity index is 2.31. The van der Waals surface area contributed by atoms with Crippen molar-refractivity contribution >= 4 is 17.6 Å². The zero-order chi connectivity index (χ0) is 15.6. The predicted octanol–water partition coefficient (Wildman–Crippen LogP) is 2.24.